The summed E-state index contributed by atoms with van der Waals surface area (Å²) >= 11 is 5.70. The highest BCUT2D eigenvalue weighted by atomic mass is 35.5. The lowest BCUT2D eigenvalue weighted by molar-refractivity contribution is -0.138. The highest BCUT2D eigenvalue weighted by molar-refractivity contribution is 6.31. The van der Waals surface area contributed by atoms with Crippen LogP contribution in [0.15, 0.2) is 72.0 Å². The third-order valence-electron chi connectivity index (χ3n) is 7.61. The predicted octanol–water partition coefficient (Wildman–Crippen LogP) is 6.02. The molecule has 1 aromatic heterocycles. The monoisotopic (exact) mass is 681 g/mol. The molecule has 1 saturated heterocycles. The maximum Gasteiger partial charge on any atom is 0.417 e. The van der Waals surface area contributed by atoms with Gasteiger partial charge in [0.15, 0.2) is 0 Å². The van der Waals surface area contributed by atoms with Crippen LogP contribution in [0.3, 0.4) is 0 Å². The number of nitrogens with one attached hydrogen (secondary N) is 2. The van der Waals surface area contributed by atoms with E-state index >= 15 is 0 Å². The molecule has 3 N–H and O–H groups in total. The number of hydrogen-bond acceptors (Lipinski definition) is 7. The Morgan fingerprint density at radius 3 is 2.54 bits per heavy atom. The van der Waals surface area contributed by atoms with E-state index in [0.29, 0.717) is 11.3 Å². The molecule has 3 aromatic carbocycles. The van der Waals surface area contributed by atoms with Gasteiger partial charge in [-0.25, -0.2) is 10.1 Å². The third kappa shape index (κ3) is 8.97. The number of anilines is 2. The number of carbonyl (C=O) groups excluding carboxylic acids is 2. The Balaban J connectivity index is 1.33. The Bertz CT molecular complexity index is 1840. The van der Waals surface area contributed by atoms with Gasteiger partial charge in [-0.2, -0.15) is 18.3 Å². The van der Waals surface area contributed by atoms with E-state index < -0.39 is 34.5 Å². The quantitative estimate of drug-likeness (QED) is 0.130. The van der Waals surface area contributed by atoms with E-state index in [1.165, 1.54) is 6.07 Å². The zero-order chi connectivity index (χ0) is 34.3. The smallest absolute Gasteiger partial charge is 0.417 e. The van der Waals surface area contributed by atoms with Crippen molar-refractivity contribution >= 4 is 47.0 Å². The van der Waals surface area contributed by atoms with Gasteiger partial charge in [0.1, 0.15) is 0 Å². The number of hydrazone groups is 1. The van der Waals surface area contributed by atoms with E-state index in [1.54, 1.807) is 47.3 Å². The van der Waals surface area contributed by atoms with Crippen LogP contribution in [0, 0.1) is 0 Å². The number of aromatic nitrogens is 3. The minimum absolute atomic E-state index is 0.0646. The Morgan fingerprint density at radius 2 is 1.79 bits per heavy atom. The van der Waals surface area contributed by atoms with Gasteiger partial charge in [0.25, 0.3) is 11.8 Å². The molecule has 0 unspecified atom stereocenters. The predicted molar refractivity (Wildman–Crippen MR) is 173 cm³/mol. The summed E-state index contributed by atoms with van der Waals surface area (Å²) in [6, 6.07) is 15.2. The summed E-state index contributed by atoms with van der Waals surface area (Å²) in [6.07, 6.45) is 1.35. The number of carboxylic acid groups (broad SMARTS) is 1. The first-order chi connectivity index (χ1) is 23.0. The third-order valence-corrected chi connectivity index (χ3v) is 7.94. The maximum absolute atomic E-state index is 13.4. The van der Waals surface area contributed by atoms with Crippen molar-refractivity contribution in [3.63, 3.8) is 0 Å². The molecular weight excluding hydrogens is 651 g/mol. The summed E-state index contributed by atoms with van der Waals surface area (Å²) in [7, 11) is 0. The fourth-order valence-electron chi connectivity index (χ4n) is 5.20. The van der Waals surface area contributed by atoms with Crippen LogP contribution in [0.1, 0.15) is 68.8 Å². The number of aryl methyl sites for hydroxylation is 1. The topological polar surface area (TPSA) is 142 Å². The van der Waals surface area contributed by atoms with Gasteiger partial charge in [-0.05, 0) is 72.9 Å². The molecule has 11 nitrogen and oxygen atoms in total. The molecule has 1 fully saturated rings. The van der Waals surface area contributed by atoms with Gasteiger partial charge >= 0.3 is 12.1 Å². The lowest BCUT2D eigenvalue weighted by Gasteiger charge is -2.29. The van der Waals surface area contributed by atoms with E-state index in [0.717, 1.165) is 62.0 Å². The number of piperidine rings is 1. The second-order valence-corrected chi connectivity index (χ2v) is 11.6. The number of hydrogen-bond donors (Lipinski definition) is 3. The molecule has 4 aromatic rings. The second-order valence-electron chi connectivity index (χ2n) is 11.2. The number of halogens is 4. The highest BCUT2D eigenvalue weighted by Crippen LogP contribution is 2.35. The zero-order valence-electron chi connectivity index (χ0n) is 25.5. The van der Waals surface area contributed by atoms with Gasteiger partial charge < -0.3 is 15.3 Å². The lowest BCUT2D eigenvalue weighted by Crippen LogP contribution is -2.30. The molecule has 2 heterocycles. The SMILES string of the molecule is O=C(O)CCc1cn(Cc2cccc(C(=O)Nc3ccc(N4CCCCC4)cc3C(=O)NN=Cc3ccc(Cl)c(C(F)(F)F)c3)c2)nn1. The fraction of sp³-hybridized carbons (Fsp3) is 0.273. The summed E-state index contributed by atoms with van der Waals surface area (Å²) in [6.45, 7) is 1.90. The summed E-state index contributed by atoms with van der Waals surface area (Å²) in [5.74, 6) is -2.09. The van der Waals surface area contributed by atoms with Crippen LogP contribution in [0.2, 0.25) is 5.02 Å². The van der Waals surface area contributed by atoms with Crippen molar-refractivity contribution in [3.05, 3.63) is 105 Å². The van der Waals surface area contributed by atoms with Crippen LogP contribution in [0.5, 0.6) is 0 Å². The first-order valence-corrected chi connectivity index (χ1v) is 15.4. The standard InChI is InChI=1S/C33H31ClF3N7O4/c34-28-10-7-21(16-27(28)33(35,36)37)18-38-41-32(48)26-17-25(43-13-2-1-3-14-43)9-11-29(26)39-31(47)23-6-4-5-22(15-23)19-44-20-24(40-42-44)8-12-30(45)46/h4-7,9-11,15-18,20H,1-3,8,12-14,19H2,(H,39,47)(H,41,48)(H,45,46). The summed E-state index contributed by atoms with van der Waals surface area (Å²) < 4.78 is 41.4. The molecule has 2 amide bonds. The largest absolute Gasteiger partial charge is 0.481 e. The molecule has 5 rings (SSSR count). The number of rotatable bonds is 11. The number of benzene rings is 3. The van der Waals surface area contributed by atoms with Crippen molar-refractivity contribution in [3.8, 4) is 0 Å². The minimum atomic E-state index is -4.66. The Morgan fingerprint density at radius 1 is 1.00 bits per heavy atom. The molecule has 250 valence electrons. The van der Waals surface area contributed by atoms with Crippen LogP contribution in [-0.4, -0.2) is 57.2 Å². The van der Waals surface area contributed by atoms with Crippen molar-refractivity contribution in [2.75, 3.05) is 23.3 Å². The number of alkyl halides is 3. The first-order valence-electron chi connectivity index (χ1n) is 15.1. The average Bonchev–Trinajstić information content (AvgIpc) is 3.51. The molecule has 0 aliphatic carbocycles. The molecule has 0 atom stereocenters. The van der Waals surface area contributed by atoms with E-state index in [9.17, 15) is 27.6 Å². The number of nitrogens with zero attached hydrogens (tertiary/aromatic N) is 5. The van der Waals surface area contributed by atoms with Crippen LogP contribution < -0.4 is 15.6 Å². The van der Waals surface area contributed by atoms with E-state index in [2.05, 4.69) is 31.1 Å². The van der Waals surface area contributed by atoms with Crippen molar-refractivity contribution < 1.29 is 32.7 Å². The Labute approximate surface area is 278 Å². The number of carbonyl (C=O) groups is 3. The van der Waals surface area contributed by atoms with E-state index in [4.69, 9.17) is 16.7 Å². The van der Waals surface area contributed by atoms with E-state index in [1.807, 2.05) is 6.07 Å². The van der Waals surface area contributed by atoms with Crippen molar-refractivity contribution in [1.82, 2.24) is 20.4 Å². The minimum Gasteiger partial charge on any atom is -0.481 e. The normalized spacial score (nSPS) is 13.5. The zero-order valence-corrected chi connectivity index (χ0v) is 26.3. The van der Waals surface area contributed by atoms with E-state index in [-0.39, 0.29) is 36.2 Å². The number of aliphatic carboxylic acids is 1. The van der Waals surface area contributed by atoms with Crippen LogP contribution in [0.4, 0.5) is 24.5 Å². The van der Waals surface area contributed by atoms with Gasteiger partial charge in [-0.15, -0.1) is 5.10 Å². The van der Waals surface area contributed by atoms with Gasteiger partial charge in [0.2, 0.25) is 0 Å². The number of amides is 2. The van der Waals surface area contributed by atoms with Gasteiger partial charge in [-0.1, -0.05) is 35.0 Å². The van der Waals surface area contributed by atoms with Crippen LogP contribution in [0.25, 0.3) is 0 Å². The Kier molecular flexibility index (Phi) is 10.7. The maximum atomic E-state index is 13.4. The fourth-order valence-corrected chi connectivity index (χ4v) is 5.43. The molecule has 0 saturated carbocycles. The van der Waals surface area contributed by atoms with Crippen molar-refractivity contribution in [1.29, 1.82) is 0 Å². The molecule has 0 bridgehead atoms. The molecule has 48 heavy (non-hydrogen) atoms. The second kappa shape index (κ2) is 15.1. The van der Waals surface area contributed by atoms with Gasteiger partial charge in [-0.3, -0.25) is 14.4 Å². The van der Waals surface area contributed by atoms with Gasteiger partial charge in [0, 0.05) is 37.0 Å². The molecule has 15 heteroatoms. The summed E-state index contributed by atoms with van der Waals surface area (Å²) in [5, 5.41) is 23.1. The van der Waals surface area contributed by atoms with Crippen molar-refractivity contribution in [2.45, 2.75) is 44.8 Å². The van der Waals surface area contributed by atoms with Crippen molar-refractivity contribution in [2.24, 2.45) is 5.10 Å². The molecule has 1 aliphatic rings. The summed E-state index contributed by atoms with van der Waals surface area (Å²) in [4.78, 5) is 39.8. The van der Waals surface area contributed by atoms with Crippen LogP contribution in [-0.2, 0) is 23.9 Å². The lowest BCUT2D eigenvalue weighted by atomic mass is 10.1. The molecule has 0 radical (unpaired) electrons. The Hall–Kier alpha value is -5.24. The van der Waals surface area contributed by atoms with Gasteiger partial charge in [0.05, 0.1) is 46.7 Å². The molecular formula is C33H31ClF3N7O4. The first kappa shape index (κ1) is 34.1. The van der Waals surface area contributed by atoms with Crippen LogP contribution >= 0.6 is 11.6 Å². The number of carboxylic acids is 1. The average molecular weight is 682 g/mol. The molecule has 1 aliphatic heterocycles. The highest BCUT2D eigenvalue weighted by Gasteiger charge is 2.33. The summed E-state index contributed by atoms with van der Waals surface area (Å²) in [5.41, 5.74) is 4.10. The molecule has 0 spiro atoms.